The zero-order valence-electron chi connectivity index (χ0n) is 23.1. The molecule has 4 heterocycles. The number of aromatic nitrogens is 2. The third kappa shape index (κ3) is 6.67. The van der Waals surface area contributed by atoms with Gasteiger partial charge in [0.2, 0.25) is 5.91 Å². The molecule has 0 unspecified atom stereocenters. The molecule has 10 nitrogen and oxygen atoms in total. The van der Waals surface area contributed by atoms with E-state index in [-0.39, 0.29) is 30.3 Å². The molecule has 0 radical (unpaired) electrons. The number of urea groups is 1. The minimum Gasteiger partial charge on any atom is -0.453 e. The molecule has 2 fully saturated rings. The first-order chi connectivity index (χ1) is 20.4. The fourth-order valence-electron chi connectivity index (χ4n) is 4.77. The Labute approximate surface area is 246 Å². The van der Waals surface area contributed by atoms with Crippen molar-refractivity contribution >= 4 is 39.2 Å². The van der Waals surface area contributed by atoms with Gasteiger partial charge in [-0.05, 0) is 42.7 Å². The van der Waals surface area contributed by atoms with E-state index < -0.39 is 5.82 Å². The Morgan fingerprint density at radius 2 is 1.88 bits per heavy atom. The lowest BCUT2D eigenvalue weighted by molar-refractivity contribution is -0.136. The maximum Gasteiger partial charge on any atom is 0.319 e. The predicted octanol–water partition coefficient (Wildman–Crippen LogP) is 4.86. The standard InChI is InChI=1S/C30H31FN6O4S/c1-40-18-28(38)37-12-10-36(11-13-37)17-19-2-6-23(33-16-19)27-15-24-29(42-27)26(8-9-32-24)41-25-7-5-21(14-22(25)31)35-30(39)34-20-3-4-20/h2,5-9,14-16,20H,3-4,10-13,17-18H2,1H3,(H2,34,35,39). The molecule has 1 saturated heterocycles. The molecule has 0 atom stereocenters. The number of amides is 3. The third-order valence-corrected chi connectivity index (χ3v) is 8.34. The number of halogens is 1. The molecule has 3 aromatic heterocycles. The van der Waals surface area contributed by atoms with Gasteiger partial charge in [-0.1, -0.05) is 6.07 Å². The predicted molar refractivity (Wildman–Crippen MR) is 158 cm³/mol. The highest BCUT2D eigenvalue weighted by Gasteiger charge is 2.24. The number of methoxy groups -OCH3 is 1. The van der Waals surface area contributed by atoms with Crippen molar-refractivity contribution in [2.75, 3.05) is 45.2 Å². The Morgan fingerprint density at radius 3 is 2.60 bits per heavy atom. The van der Waals surface area contributed by atoms with E-state index in [0.29, 0.717) is 24.5 Å². The lowest BCUT2D eigenvalue weighted by Crippen LogP contribution is -2.49. The summed E-state index contributed by atoms with van der Waals surface area (Å²) in [5.74, 6) is -0.0139. The highest BCUT2D eigenvalue weighted by Crippen LogP contribution is 2.39. The molecule has 0 spiro atoms. The summed E-state index contributed by atoms with van der Waals surface area (Å²) in [6, 6.07) is 11.9. The summed E-state index contributed by atoms with van der Waals surface area (Å²) >= 11 is 1.48. The van der Waals surface area contributed by atoms with E-state index in [9.17, 15) is 14.0 Å². The molecule has 1 aliphatic heterocycles. The van der Waals surface area contributed by atoms with Crippen LogP contribution in [0.3, 0.4) is 0 Å². The minimum absolute atomic E-state index is 0.0275. The van der Waals surface area contributed by atoms with Crippen molar-refractivity contribution in [1.29, 1.82) is 0 Å². The number of pyridine rings is 2. The second-order valence-corrected chi connectivity index (χ2v) is 11.4. The second kappa shape index (κ2) is 12.4. The van der Waals surface area contributed by atoms with Crippen LogP contribution in [0.2, 0.25) is 0 Å². The monoisotopic (exact) mass is 590 g/mol. The Morgan fingerprint density at radius 1 is 1.05 bits per heavy atom. The average molecular weight is 591 g/mol. The topological polar surface area (TPSA) is 109 Å². The zero-order valence-corrected chi connectivity index (χ0v) is 24.0. The number of piperazine rings is 1. The first kappa shape index (κ1) is 28.0. The van der Waals surface area contributed by atoms with Gasteiger partial charge < -0.3 is 25.0 Å². The minimum atomic E-state index is -0.582. The number of carbonyl (C=O) groups excluding carboxylic acids is 2. The fourth-order valence-corrected chi connectivity index (χ4v) is 5.82. The maximum absolute atomic E-state index is 14.9. The van der Waals surface area contributed by atoms with Crippen LogP contribution in [0.15, 0.2) is 54.9 Å². The fraction of sp³-hybridized carbons (Fsp3) is 0.333. The van der Waals surface area contributed by atoms with E-state index in [1.165, 1.54) is 30.6 Å². The van der Waals surface area contributed by atoms with Gasteiger partial charge in [0.05, 0.1) is 20.8 Å². The molecule has 3 amide bonds. The molecular formula is C30H31FN6O4S. The summed E-state index contributed by atoms with van der Waals surface area (Å²) < 4.78 is 26.6. The molecule has 0 bridgehead atoms. The molecule has 42 heavy (non-hydrogen) atoms. The summed E-state index contributed by atoms with van der Waals surface area (Å²) in [6.45, 7) is 3.87. The van der Waals surface area contributed by atoms with Crippen molar-refractivity contribution in [1.82, 2.24) is 25.1 Å². The lowest BCUT2D eigenvalue weighted by Gasteiger charge is -2.34. The number of thiophene rings is 1. The van der Waals surface area contributed by atoms with Gasteiger partial charge in [-0.25, -0.2) is 9.18 Å². The van der Waals surface area contributed by atoms with E-state index in [2.05, 4.69) is 26.6 Å². The van der Waals surface area contributed by atoms with Crippen molar-refractivity contribution < 1.29 is 23.5 Å². The third-order valence-electron chi connectivity index (χ3n) is 7.17. The molecule has 1 aromatic carbocycles. The molecule has 6 rings (SSSR count). The summed E-state index contributed by atoms with van der Waals surface area (Å²) in [5.41, 5.74) is 2.99. The Balaban J connectivity index is 1.10. The Hall–Kier alpha value is -4.13. The summed E-state index contributed by atoms with van der Waals surface area (Å²) in [5, 5.41) is 5.46. The van der Waals surface area contributed by atoms with Gasteiger partial charge >= 0.3 is 6.03 Å². The van der Waals surface area contributed by atoms with Crippen LogP contribution in [0.1, 0.15) is 18.4 Å². The number of nitrogens with zero attached hydrogens (tertiary/aromatic N) is 4. The number of hydrogen-bond acceptors (Lipinski definition) is 8. The van der Waals surface area contributed by atoms with Gasteiger partial charge in [0.25, 0.3) is 0 Å². The molecule has 1 aliphatic carbocycles. The molecular weight excluding hydrogens is 559 g/mol. The quantitative estimate of drug-likeness (QED) is 0.287. The van der Waals surface area contributed by atoms with Crippen LogP contribution in [-0.4, -0.2) is 77.6 Å². The summed E-state index contributed by atoms with van der Waals surface area (Å²) in [7, 11) is 1.53. The highest BCUT2D eigenvalue weighted by atomic mass is 32.1. The van der Waals surface area contributed by atoms with Gasteiger partial charge in [-0.15, -0.1) is 11.3 Å². The SMILES string of the molecule is COCC(=O)N1CCN(Cc2ccc(-c3cc4nccc(Oc5ccc(NC(=O)NC6CC6)cc5F)c4s3)nc2)CC1. The Kier molecular flexibility index (Phi) is 8.27. The molecule has 2 N–H and O–H groups in total. The maximum atomic E-state index is 14.9. The number of rotatable bonds is 9. The van der Waals surface area contributed by atoms with Crippen LogP contribution in [0, 0.1) is 5.82 Å². The normalized spacial score (nSPS) is 15.5. The van der Waals surface area contributed by atoms with E-state index in [4.69, 9.17) is 14.5 Å². The van der Waals surface area contributed by atoms with Gasteiger partial charge in [-0.2, -0.15) is 0 Å². The Bertz CT molecular complexity index is 1580. The number of carbonyl (C=O) groups is 2. The van der Waals surface area contributed by atoms with Crippen LogP contribution >= 0.6 is 11.3 Å². The largest absolute Gasteiger partial charge is 0.453 e. The van der Waals surface area contributed by atoms with Gasteiger partial charge in [0, 0.05) is 76.1 Å². The number of hydrogen-bond donors (Lipinski definition) is 2. The molecule has 4 aromatic rings. The van der Waals surface area contributed by atoms with Crippen molar-refractivity contribution in [2.45, 2.75) is 25.4 Å². The van der Waals surface area contributed by atoms with Crippen LogP contribution in [0.4, 0.5) is 14.9 Å². The molecule has 218 valence electrons. The van der Waals surface area contributed by atoms with Crippen molar-refractivity contribution in [3.8, 4) is 22.1 Å². The van der Waals surface area contributed by atoms with Crippen molar-refractivity contribution in [3.05, 3.63) is 66.2 Å². The number of nitrogens with one attached hydrogen (secondary N) is 2. The summed E-state index contributed by atoms with van der Waals surface area (Å²) in [4.78, 5) is 38.2. The van der Waals surface area contributed by atoms with Crippen molar-refractivity contribution in [2.24, 2.45) is 0 Å². The van der Waals surface area contributed by atoms with Gasteiger partial charge in [-0.3, -0.25) is 19.7 Å². The van der Waals surface area contributed by atoms with Crippen LogP contribution < -0.4 is 15.4 Å². The first-order valence-electron chi connectivity index (χ1n) is 13.8. The lowest BCUT2D eigenvalue weighted by atomic mass is 10.2. The van der Waals surface area contributed by atoms with E-state index >= 15 is 0 Å². The van der Waals surface area contributed by atoms with Crippen LogP contribution in [-0.2, 0) is 16.1 Å². The number of ether oxygens (including phenoxy) is 2. The number of fused-ring (bicyclic) bond motifs is 1. The van der Waals surface area contributed by atoms with E-state index in [0.717, 1.165) is 58.8 Å². The molecule has 2 aliphatic rings. The number of benzene rings is 1. The zero-order chi connectivity index (χ0) is 29.1. The first-order valence-corrected chi connectivity index (χ1v) is 14.6. The second-order valence-electron chi connectivity index (χ2n) is 10.4. The van der Waals surface area contributed by atoms with Crippen LogP contribution in [0.25, 0.3) is 20.8 Å². The smallest absolute Gasteiger partial charge is 0.319 e. The summed E-state index contributed by atoms with van der Waals surface area (Å²) in [6.07, 6.45) is 5.45. The van der Waals surface area contributed by atoms with E-state index in [1.807, 2.05) is 23.2 Å². The van der Waals surface area contributed by atoms with E-state index in [1.54, 1.807) is 18.3 Å². The van der Waals surface area contributed by atoms with Gasteiger partial charge in [0.15, 0.2) is 11.6 Å². The highest BCUT2D eigenvalue weighted by molar-refractivity contribution is 7.22. The van der Waals surface area contributed by atoms with Crippen LogP contribution in [0.5, 0.6) is 11.5 Å². The number of anilines is 1. The average Bonchev–Trinajstić information content (AvgIpc) is 3.69. The molecule has 1 saturated carbocycles. The van der Waals surface area contributed by atoms with Crippen molar-refractivity contribution in [3.63, 3.8) is 0 Å². The van der Waals surface area contributed by atoms with Gasteiger partial charge in [0.1, 0.15) is 12.4 Å². The molecule has 12 heteroatoms.